The zero-order chi connectivity index (χ0) is 21.9. The Balaban J connectivity index is 1.89. The third-order valence-corrected chi connectivity index (χ3v) is 5.92. The first-order valence-corrected chi connectivity index (χ1v) is 10.9. The number of methoxy groups -OCH3 is 1. The van der Waals surface area contributed by atoms with Gasteiger partial charge in [0, 0.05) is 12.3 Å². The molecule has 0 fully saturated rings. The molecule has 30 heavy (non-hydrogen) atoms. The van der Waals surface area contributed by atoms with E-state index in [1.165, 1.54) is 32.2 Å². The van der Waals surface area contributed by atoms with Gasteiger partial charge in [-0.2, -0.15) is 0 Å². The largest absolute Gasteiger partial charge is 0.495 e. The Morgan fingerprint density at radius 1 is 1.17 bits per heavy atom. The minimum atomic E-state index is -3.90. The number of carbonyl (C=O) groups excluding carboxylic acids is 1. The lowest BCUT2D eigenvalue weighted by Crippen LogP contribution is -2.26. The smallest absolute Gasteiger partial charge is 0.241 e. The molecule has 0 saturated heterocycles. The molecule has 0 aliphatic rings. The summed E-state index contributed by atoms with van der Waals surface area (Å²) < 4.78 is 45.0. The van der Waals surface area contributed by atoms with E-state index in [-0.39, 0.29) is 16.5 Å². The lowest BCUT2D eigenvalue weighted by atomic mass is 10.2. The highest BCUT2D eigenvalue weighted by Gasteiger charge is 2.23. The summed E-state index contributed by atoms with van der Waals surface area (Å²) >= 11 is 0. The summed E-state index contributed by atoms with van der Waals surface area (Å²) in [6.45, 7) is 5.39. The van der Waals surface area contributed by atoms with Gasteiger partial charge in [-0.3, -0.25) is 4.79 Å². The molecule has 8 nitrogen and oxygen atoms in total. The summed E-state index contributed by atoms with van der Waals surface area (Å²) in [6.07, 6.45) is 0. The summed E-state index contributed by atoms with van der Waals surface area (Å²) in [5.74, 6) is 1.08. The fraction of sp³-hybridized carbons (Fsp3) is 0.286. The molecule has 0 saturated carbocycles. The number of sulfonamides is 1. The van der Waals surface area contributed by atoms with Crippen molar-refractivity contribution in [3.05, 3.63) is 48.2 Å². The van der Waals surface area contributed by atoms with Crippen LogP contribution in [0.4, 0.5) is 5.69 Å². The van der Waals surface area contributed by atoms with E-state index in [0.717, 1.165) is 5.39 Å². The van der Waals surface area contributed by atoms with E-state index in [9.17, 15) is 13.2 Å². The Morgan fingerprint density at radius 2 is 1.93 bits per heavy atom. The number of amides is 1. The second-order valence-corrected chi connectivity index (χ2v) is 8.36. The number of ether oxygens (including phenoxy) is 2. The summed E-state index contributed by atoms with van der Waals surface area (Å²) in [6, 6.07) is 10.9. The van der Waals surface area contributed by atoms with Gasteiger partial charge in [0.15, 0.2) is 11.3 Å². The molecule has 0 radical (unpaired) electrons. The second kappa shape index (κ2) is 8.76. The van der Waals surface area contributed by atoms with Crippen molar-refractivity contribution in [1.82, 2.24) is 4.72 Å². The molecule has 0 spiro atoms. The molecule has 1 amide bonds. The zero-order valence-corrected chi connectivity index (χ0v) is 18.0. The van der Waals surface area contributed by atoms with Gasteiger partial charge in [-0.05, 0) is 44.2 Å². The maximum atomic E-state index is 12.9. The number of carbonyl (C=O) groups is 1. The lowest BCUT2D eigenvalue weighted by Gasteiger charge is -2.14. The molecular weight excluding hydrogens is 408 g/mol. The monoisotopic (exact) mass is 432 g/mol. The predicted octanol–water partition coefficient (Wildman–Crippen LogP) is 3.84. The van der Waals surface area contributed by atoms with Crippen molar-refractivity contribution < 1.29 is 27.1 Å². The van der Waals surface area contributed by atoms with E-state index in [0.29, 0.717) is 29.4 Å². The van der Waals surface area contributed by atoms with Crippen LogP contribution in [0.5, 0.6) is 11.5 Å². The third-order valence-electron chi connectivity index (χ3n) is 4.38. The third kappa shape index (κ3) is 4.58. The highest BCUT2D eigenvalue weighted by molar-refractivity contribution is 7.89. The standard InChI is InChI=1S/C21H24N2O6S/c1-5-28-19-8-6-7-15-11-20(29-21(15)19)13(2)23-30(25,26)16-9-10-18(27-4)17(12-16)22-14(3)24/h6-13,23H,5H2,1-4H3,(H,22,24)/t13-/m0/s1. The van der Waals surface area contributed by atoms with Gasteiger partial charge < -0.3 is 19.2 Å². The molecule has 2 N–H and O–H groups in total. The lowest BCUT2D eigenvalue weighted by molar-refractivity contribution is -0.114. The van der Waals surface area contributed by atoms with Crippen molar-refractivity contribution in [1.29, 1.82) is 0 Å². The number of para-hydroxylation sites is 1. The van der Waals surface area contributed by atoms with Crippen LogP contribution in [0.15, 0.2) is 51.8 Å². The molecule has 160 valence electrons. The molecule has 0 bridgehead atoms. The first-order chi connectivity index (χ1) is 14.2. The topological polar surface area (TPSA) is 107 Å². The summed E-state index contributed by atoms with van der Waals surface area (Å²) in [5, 5.41) is 3.39. The Labute approximate surface area is 175 Å². The molecule has 9 heteroatoms. The van der Waals surface area contributed by atoms with Gasteiger partial charge in [-0.25, -0.2) is 13.1 Å². The molecule has 1 aromatic heterocycles. The van der Waals surface area contributed by atoms with Crippen molar-refractivity contribution in [2.24, 2.45) is 0 Å². The minimum absolute atomic E-state index is 0.00924. The van der Waals surface area contributed by atoms with Crippen LogP contribution in [0.25, 0.3) is 11.0 Å². The van der Waals surface area contributed by atoms with Crippen LogP contribution in [0, 0.1) is 0 Å². The van der Waals surface area contributed by atoms with Gasteiger partial charge in [-0.1, -0.05) is 12.1 Å². The van der Waals surface area contributed by atoms with Crippen molar-refractivity contribution in [2.75, 3.05) is 19.0 Å². The molecule has 2 aromatic carbocycles. The van der Waals surface area contributed by atoms with Crippen LogP contribution in [0.2, 0.25) is 0 Å². The maximum Gasteiger partial charge on any atom is 0.241 e. The van der Waals surface area contributed by atoms with E-state index < -0.39 is 16.1 Å². The second-order valence-electron chi connectivity index (χ2n) is 6.64. The first kappa shape index (κ1) is 21.7. The van der Waals surface area contributed by atoms with Crippen LogP contribution >= 0.6 is 0 Å². The number of anilines is 1. The number of benzene rings is 2. The Hall–Kier alpha value is -3.04. The maximum absolute atomic E-state index is 12.9. The first-order valence-electron chi connectivity index (χ1n) is 9.38. The van der Waals surface area contributed by atoms with Gasteiger partial charge in [0.1, 0.15) is 11.5 Å². The van der Waals surface area contributed by atoms with Crippen molar-refractivity contribution >= 4 is 32.6 Å². The van der Waals surface area contributed by atoms with Crippen molar-refractivity contribution in [2.45, 2.75) is 31.7 Å². The number of rotatable bonds is 8. The number of furan rings is 1. The molecular formula is C21H24N2O6S. The number of hydrogen-bond donors (Lipinski definition) is 2. The molecule has 3 rings (SSSR count). The molecule has 0 aliphatic carbocycles. The fourth-order valence-corrected chi connectivity index (χ4v) is 4.28. The van der Waals surface area contributed by atoms with Gasteiger partial charge in [-0.15, -0.1) is 0 Å². The molecule has 1 heterocycles. The van der Waals surface area contributed by atoms with Gasteiger partial charge >= 0.3 is 0 Å². The van der Waals surface area contributed by atoms with Crippen LogP contribution in [0.1, 0.15) is 32.6 Å². The average molecular weight is 432 g/mol. The highest BCUT2D eigenvalue weighted by atomic mass is 32.2. The Bertz CT molecular complexity index is 1170. The number of hydrogen-bond acceptors (Lipinski definition) is 6. The Morgan fingerprint density at radius 3 is 2.60 bits per heavy atom. The van der Waals surface area contributed by atoms with E-state index >= 15 is 0 Å². The molecule has 1 atom stereocenters. The summed E-state index contributed by atoms with van der Waals surface area (Å²) in [4.78, 5) is 11.4. The van der Waals surface area contributed by atoms with E-state index in [2.05, 4.69) is 10.0 Å². The van der Waals surface area contributed by atoms with E-state index in [4.69, 9.17) is 13.9 Å². The van der Waals surface area contributed by atoms with Crippen LogP contribution in [0.3, 0.4) is 0 Å². The minimum Gasteiger partial charge on any atom is -0.495 e. The van der Waals surface area contributed by atoms with E-state index in [1.54, 1.807) is 19.1 Å². The summed E-state index contributed by atoms with van der Waals surface area (Å²) in [5.41, 5.74) is 0.836. The number of nitrogens with one attached hydrogen (secondary N) is 2. The highest BCUT2D eigenvalue weighted by Crippen LogP contribution is 2.32. The number of fused-ring (bicyclic) bond motifs is 1. The van der Waals surface area contributed by atoms with Crippen LogP contribution < -0.4 is 19.5 Å². The zero-order valence-electron chi connectivity index (χ0n) is 17.2. The normalized spacial score (nSPS) is 12.5. The van der Waals surface area contributed by atoms with Gasteiger partial charge in [0.2, 0.25) is 15.9 Å². The molecule has 0 unspecified atom stereocenters. The van der Waals surface area contributed by atoms with Crippen LogP contribution in [-0.2, 0) is 14.8 Å². The SMILES string of the molecule is CCOc1cccc2cc([C@H](C)NS(=O)(=O)c3ccc(OC)c(NC(C)=O)c3)oc12. The summed E-state index contributed by atoms with van der Waals surface area (Å²) in [7, 11) is -2.46. The van der Waals surface area contributed by atoms with Gasteiger partial charge in [0.25, 0.3) is 0 Å². The van der Waals surface area contributed by atoms with Crippen molar-refractivity contribution in [3.63, 3.8) is 0 Å². The van der Waals surface area contributed by atoms with Gasteiger partial charge in [0.05, 0.1) is 30.3 Å². The molecule has 0 aliphatic heterocycles. The Kier molecular flexibility index (Phi) is 6.33. The van der Waals surface area contributed by atoms with Crippen LogP contribution in [-0.4, -0.2) is 28.0 Å². The van der Waals surface area contributed by atoms with Crippen molar-refractivity contribution in [3.8, 4) is 11.5 Å². The van der Waals surface area contributed by atoms with E-state index in [1.807, 2.05) is 19.1 Å². The predicted molar refractivity (Wildman–Crippen MR) is 113 cm³/mol. The quantitative estimate of drug-likeness (QED) is 0.560. The average Bonchev–Trinajstić information content (AvgIpc) is 3.13. The molecule has 3 aromatic rings. The fourth-order valence-electron chi connectivity index (χ4n) is 3.04.